The summed E-state index contributed by atoms with van der Waals surface area (Å²) in [5.41, 5.74) is 1.07. The van der Waals surface area contributed by atoms with Gasteiger partial charge in [-0.25, -0.2) is 13.6 Å². The molecule has 0 radical (unpaired) electrons. The van der Waals surface area contributed by atoms with Gasteiger partial charge in [-0.1, -0.05) is 20.8 Å². The molecule has 0 bridgehead atoms. The minimum Gasteiger partial charge on any atom is -0.325 e. The molecular formula is C12H16N2O3S. The topological polar surface area (TPSA) is 89.3 Å². The maximum Gasteiger partial charge on any atom is 0.238 e. The second kappa shape index (κ2) is 3.80. The number of nitrogens with two attached hydrogens (primary N) is 1. The highest BCUT2D eigenvalue weighted by molar-refractivity contribution is 7.89. The molecule has 1 aliphatic rings. The fourth-order valence-corrected chi connectivity index (χ4v) is 2.83. The normalized spacial score (nSPS) is 19.6. The lowest BCUT2D eigenvalue weighted by molar-refractivity contribution is -0.119. The predicted octanol–water partition coefficient (Wildman–Crippen LogP) is 1.42. The summed E-state index contributed by atoms with van der Waals surface area (Å²) in [4.78, 5) is 12.0. The molecule has 1 aromatic rings. The number of rotatable bonds is 1. The van der Waals surface area contributed by atoms with Crippen LogP contribution in [0.2, 0.25) is 0 Å². The van der Waals surface area contributed by atoms with E-state index in [1.54, 1.807) is 6.07 Å². The van der Waals surface area contributed by atoms with E-state index < -0.39 is 10.0 Å². The van der Waals surface area contributed by atoms with Gasteiger partial charge in [0, 0.05) is 5.69 Å². The Balaban J connectivity index is 2.60. The standard InChI is InChI=1S/C12H16N2O3S/c1-12(2,3)10-8-6-7(18(13,16)17)4-5-9(8)14-11(10)15/h4-6,10H,1-3H3,(H,14,15)(H2,13,16,17). The van der Waals surface area contributed by atoms with Crippen molar-refractivity contribution in [1.29, 1.82) is 0 Å². The van der Waals surface area contributed by atoms with E-state index >= 15 is 0 Å². The third kappa shape index (κ3) is 2.13. The van der Waals surface area contributed by atoms with E-state index in [9.17, 15) is 13.2 Å². The molecule has 1 atom stereocenters. The number of carbonyl (C=O) groups is 1. The zero-order chi connectivity index (χ0) is 13.7. The van der Waals surface area contributed by atoms with E-state index in [2.05, 4.69) is 5.32 Å². The number of primary sulfonamides is 1. The van der Waals surface area contributed by atoms with Crippen LogP contribution in [0.5, 0.6) is 0 Å². The van der Waals surface area contributed by atoms with E-state index in [0.717, 1.165) is 0 Å². The Labute approximate surface area is 106 Å². The smallest absolute Gasteiger partial charge is 0.238 e. The Morgan fingerprint density at radius 2 is 1.89 bits per heavy atom. The van der Waals surface area contributed by atoms with Crippen LogP contribution in [0.15, 0.2) is 23.1 Å². The summed E-state index contributed by atoms with van der Waals surface area (Å²) in [6, 6.07) is 4.47. The van der Waals surface area contributed by atoms with Crippen molar-refractivity contribution in [2.24, 2.45) is 10.6 Å². The quantitative estimate of drug-likeness (QED) is 0.807. The minimum atomic E-state index is -3.75. The fourth-order valence-electron chi connectivity index (χ4n) is 2.28. The van der Waals surface area contributed by atoms with Crippen molar-refractivity contribution in [3.05, 3.63) is 23.8 Å². The van der Waals surface area contributed by atoms with Crippen molar-refractivity contribution in [3.63, 3.8) is 0 Å². The Morgan fingerprint density at radius 3 is 2.39 bits per heavy atom. The molecule has 0 saturated heterocycles. The van der Waals surface area contributed by atoms with Crippen LogP contribution >= 0.6 is 0 Å². The Hall–Kier alpha value is -1.40. The summed E-state index contributed by atoms with van der Waals surface area (Å²) in [5.74, 6) is -0.474. The van der Waals surface area contributed by atoms with Gasteiger partial charge in [-0.15, -0.1) is 0 Å². The molecule has 0 aliphatic carbocycles. The highest BCUT2D eigenvalue weighted by atomic mass is 32.2. The maximum absolute atomic E-state index is 11.9. The Kier molecular flexibility index (Phi) is 2.75. The van der Waals surface area contributed by atoms with Gasteiger partial charge in [-0.2, -0.15) is 0 Å². The lowest BCUT2D eigenvalue weighted by atomic mass is 9.77. The van der Waals surface area contributed by atoms with Gasteiger partial charge in [-0.05, 0) is 29.2 Å². The first kappa shape index (κ1) is 13.0. The van der Waals surface area contributed by atoms with Gasteiger partial charge in [0.2, 0.25) is 15.9 Å². The van der Waals surface area contributed by atoms with Crippen molar-refractivity contribution >= 4 is 21.6 Å². The number of amides is 1. The molecule has 18 heavy (non-hydrogen) atoms. The Morgan fingerprint density at radius 1 is 1.28 bits per heavy atom. The average molecular weight is 268 g/mol. The maximum atomic E-state index is 11.9. The monoisotopic (exact) mass is 268 g/mol. The number of sulfonamides is 1. The molecule has 1 aliphatic heterocycles. The molecule has 1 aromatic carbocycles. The molecule has 1 amide bonds. The molecule has 5 nitrogen and oxygen atoms in total. The molecule has 0 fully saturated rings. The largest absolute Gasteiger partial charge is 0.325 e. The van der Waals surface area contributed by atoms with Gasteiger partial charge in [-0.3, -0.25) is 4.79 Å². The van der Waals surface area contributed by atoms with Gasteiger partial charge in [0.25, 0.3) is 0 Å². The zero-order valence-electron chi connectivity index (χ0n) is 10.5. The van der Waals surface area contributed by atoms with Crippen molar-refractivity contribution in [2.75, 3.05) is 5.32 Å². The molecule has 98 valence electrons. The van der Waals surface area contributed by atoms with Gasteiger partial charge in [0.15, 0.2) is 0 Å². The molecule has 0 spiro atoms. The highest BCUT2D eigenvalue weighted by Gasteiger charge is 2.39. The van der Waals surface area contributed by atoms with Gasteiger partial charge in [0.05, 0.1) is 10.8 Å². The first-order valence-electron chi connectivity index (χ1n) is 5.58. The first-order valence-corrected chi connectivity index (χ1v) is 7.13. The van der Waals surface area contributed by atoms with Crippen LogP contribution in [0.25, 0.3) is 0 Å². The van der Waals surface area contributed by atoms with Crippen molar-refractivity contribution in [2.45, 2.75) is 31.6 Å². The van der Waals surface area contributed by atoms with Crippen molar-refractivity contribution in [3.8, 4) is 0 Å². The lowest BCUT2D eigenvalue weighted by Gasteiger charge is -2.25. The van der Waals surface area contributed by atoms with Crippen LogP contribution < -0.4 is 10.5 Å². The van der Waals surface area contributed by atoms with E-state index in [-0.39, 0.29) is 22.1 Å². The van der Waals surface area contributed by atoms with E-state index in [1.807, 2.05) is 20.8 Å². The third-order valence-corrected chi connectivity index (χ3v) is 3.96. The minimum absolute atomic E-state index is 0.0343. The van der Waals surface area contributed by atoms with Crippen molar-refractivity contribution in [1.82, 2.24) is 0 Å². The van der Waals surface area contributed by atoms with Crippen LogP contribution in [-0.2, 0) is 14.8 Å². The number of anilines is 1. The Bertz CT molecular complexity index is 615. The molecule has 2 rings (SSSR count). The number of hydrogen-bond donors (Lipinski definition) is 2. The van der Waals surface area contributed by atoms with Gasteiger partial charge >= 0.3 is 0 Å². The fraction of sp³-hybridized carbons (Fsp3) is 0.417. The molecule has 0 saturated carbocycles. The van der Waals surface area contributed by atoms with E-state index in [1.165, 1.54) is 12.1 Å². The van der Waals surface area contributed by atoms with Gasteiger partial charge in [0.1, 0.15) is 0 Å². The summed E-state index contributed by atoms with van der Waals surface area (Å²) in [5, 5.41) is 7.86. The molecular weight excluding hydrogens is 252 g/mol. The second-order valence-corrected chi connectivity index (χ2v) is 7.14. The first-order chi connectivity index (χ1) is 8.10. The lowest BCUT2D eigenvalue weighted by Crippen LogP contribution is -2.25. The molecule has 0 aromatic heterocycles. The van der Waals surface area contributed by atoms with Crippen LogP contribution in [0.1, 0.15) is 32.3 Å². The third-order valence-electron chi connectivity index (χ3n) is 3.05. The summed E-state index contributed by atoms with van der Waals surface area (Å²) >= 11 is 0. The number of fused-ring (bicyclic) bond motifs is 1. The van der Waals surface area contributed by atoms with E-state index in [4.69, 9.17) is 5.14 Å². The number of nitrogens with one attached hydrogen (secondary N) is 1. The number of carbonyl (C=O) groups excluding carboxylic acids is 1. The van der Waals surface area contributed by atoms with Gasteiger partial charge < -0.3 is 5.32 Å². The molecule has 1 heterocycles. The van der Waals surface area contributed by atoms with Crippen LogP contribution in [0, 0.1) is 5.41 Å². The summed E-state index contributed by atoms with van der Waals surface area (Å²) in [7, 11) is -3.75. The average Bonchev–Trinajstić information content (AvgIpc) is 2.49. The summed E-state index contributed by atoms with van der Waals surface area (Å²) < 4.78 is 22.7. The number of hydrogen-bond acceptors (Lipinski definition) is 3. The predicted molar refractivity (Wildman–Crippen MR) is 68.6 cm³/mol. The van der Waals surface area contributed by atoms with E-state index in [0.29, 0.717) is 11.3 Å². The van der Waals surface area contributed by atoms with Crippen LogP contribution in [0.4, 0.5) is 5.69 Å². The zero-order valence-corrected chi connectivity index (χ0v) is 11.3. The molecule has 6 heteroatoms. The van der Waals surface area contributed by atoms with Crippen molar-refractivity contribution < 1.29 is 13.2 Å². The SMILES string of the molecule is CC(C)(C)C1C(=O)Nc2ccc(S(N)(=O)=O)cc21. The summed E-state index contributed by atoms with van der Waals surface area (Å²) in [6.07, 6.45) is 0. The second-order valence-electron chi connectivity index (χ2n) is 5.58. The molecule has 3 N–H and O–H groups in total. The summed E-state index contributed by atoms with van der Waals surface area (Å²) in [6.45, 7) is 5.82. The van der Waals surface area contributed by atoms with Crippen LogP contribution in [0.3, 0.4) is 0 Å². The highest BCUT2D eigenvalue weighted by Crippen LogP contribution is 2.44. The number of benzene rings is 1. The molecule has 1 unspecified atom stereocenters. The van der Waals surface area contributed by atoms with Crippen LogP contribution in [-0.4, -0.2) is 14.3 Å².